The zero-order valence-corrected chi connectivity index (χ0v) is 13.6. The average molecular weight is 334 g/mol. The van der Waals surface area contributed by atoms with E-state index in [0.29, 0.717) is 22.6 Å². The molecule has 20 heavy (non-hydrogen) atoms. The predicted octanol–water partition coefficient (Wildman–Crippen LogP) is 2.52. The fourth-order valence-corrected chi connectivity index (χ4v) is 4.71. The lowest BCUT2D eigenvalue weighted by Crippen LogP contribution is -2.36. The quantitative estimate of drug-likeness (QED) is 0.802. The second kappa shape index (κ2) is 9.05. The van der Waals surface area contributed by atoms with Crippen molar-refractivity contribution in [3.05, 3.63) is 29.3 Å². The van der Waals surface area contributed by atoms with Crippen molar-refractivity contribution in [3.63, 3.8) is 0 Å². The maximum Gasteiger partial charge on any atom is 0.138 e. The molecule has 2 atom stereocenters. The third-order valence-corrected chi connectivity index (χ3v) is 6.06. The normalized spacial score (nSPS) is 20.6. The highest BCUT2D eigenvalue weighted by Gasteiger charge is 2.14. The number of para-hydroxylation sites is 1. The predicted molar refractivity (Wildman–Crippen MR) is 89.4 cm³/mol. The molecule has 6 heteroatoms. The van der Waals surface area contributed by atoms with E-state index < -0.39 is 6.10 Å². The summed E-state index contributed by atoms with van der Waals surface area (Å²) in [5.74, 6) is 4.31. The van der Waals surface area contributed by atoms with E-state index in [2.05, 4.69) is 5.32 Å². The molecule has 0 saturated carbocycles. The summed E-state index contributed by atoms with van der Waals surface area (Å²) >= 11 is 10.0. The number of benzene rings is 1. The van der Waals surface area contributed by atoms with Gasteiger partial charge < -0.3 is 15.2 Å². The molecule has 1 fully saturated rings. The summed E-state index contributed by atoms with van der Waals surface area (Å²) in [6.07, 6.45) is -0.521. The molecule has 3 nitrogen and oxygen atoms in total. The minimum Gasteiger partial charge on any atom is -0.489 e. The van der Waals surface area contributed by atoms with Crippen LogP contribution in [0.2, 0.25) is 5.02 Å². The molecule has 0 aromatic heterocycles. The first-order chi connectivity index (χ1) is 9.75. The van der Waals surface area contributed by atoms with Gasteiger partial charge in [-0.15, -0.1) is 0 Å². The Morgan fingerprint density at radius 1 is 1.40 bits per heavy atom. The molecule has 0 spiro atoms. The van der Waals surface area contributed by atoms with Crippen molar-refractivity contribution in [2.75, 3.05) is 37.0 Å². The maximum atomic E-state index is 9.89. The molecule has 1 aliphatic heterocycles. The lowest BCUT2D eigenvalue weighted by atomic mass is 10.3. The SMILES string of the molecule is OC(CNCC1CSCCS1)COc1ccccc1Cl. The summed E-state index contributed by atoms with van der Waals surface area (Å²) in [6, 6.07) is 7.30. The van der Waals surface area contributed by atoms with Crippen LogP contribution in [-0.2, 0) is 0 Å². The summed E-state index contributed by atoms with van der Waals surface area (Å²) in [7, 11) is 0. The molecule has 2 N–H and O–H groups in total. The minimum atomic E-state index is -0.521. The molecule has 2 rings (SSSR count). The van der Waals surface area contributed by atoms with Gasteiger partial charge in [0.1, 0.15) is 18.5 Å². The van der Waals surface area contributed by atoms with E-state index in [1.807, 2.05) is 35.7 Å². The Labute approximate surface area is 133 Å². The molecule has 1 heterocycles. The summed E-state index contributed by atoms with van der Waals surface area (Å²) in [4.78, 5) is 0. The lowest BCUT2D eigenvalue weighted by molar-refractivity contribution is 0.107. The molecule has 0 aliphatic carbocycles. The van der Waals surface area contributed by atoms with Crippen molar-refractivity contribution in [1.82, 2.24) is 5.32 Å². The molecule has 0 radical (unpaired) electrons. The number of thioether (sulfide) groups is 2. The number of aliphatic hydroxyl groups is 1. The van der Waals surface area contributed by atoms with Crippen LogP contribution >= 0.6 is 35.1 Å². The zero-order chi connectivity index (χ0) is 14.2. The van der Waals surface area contributed by atoms with Crippen LogP contribution in [-0.4, -0.2) is 53.4 Å². The van der Waals surface area contributed by atoms with Crippen LogP contribution in [0.15, 0.2) is 24.3 Å². The number of halogens is 1. The molecule has 1 saturated heterocycles. The molecule has 2 unspecified atom stereocenters. The van der Waals surface area contributed by atoms with Crippen LogP contribution in [0.4, 0.5) is 0 Å². The monoisotopic (exact) mass is 333 g/mol. The van der Waals surface area contributed by atoms with Gasteiger partial charge in [0.2, 0.25) is 0 Å². The number of hydrogen-bond acceptors (Lipinski definition) is 5. The van der Waals surface area contributed by atoms with Crippen molar-refractivity contribution in [2.24, 2.45) is 0 Å². The maximum absolute atomic E-state index is 9.89. The molecule has 1 aromatic rings. The first-order valence-corrected chi connectivity index (χ1v) is 9.29. The van der Waals surface area contributed by atoms with Crippen LogP contribution in [0.1, 0.15) is 0 Å². The van der Waals surface area contributed by atoms with Crippen LogP contribution in [0.5, 0.6) is 5.75 Å². The summed E-state index contributed by atoms with van der Waals surface area (Å²) < 4.78 is 5.51. The van der Waals surface area contributed by atoms with Gasteiger partial charge in [-0.3, -0.25) is 0 Å². The number of rotatable bonds is 7. The summed E-state index contributed by atoms with van der Waals surface area (Å²) in [5.41, 5.74) is 0. The van der Waals surface area contributed by atoms with Crippen LogP contribution in [0.25, 0.3) is 0 Å². The van der Waals surface area contributed by atoms with Crippen molar-refractivity contribution in [1.29, 1.82) is 0 Å². The van der Waals surface area contributed by atoms with Gasteiger partial charge in [-0.1, -0.05) is 23.7 Å². The number of aliphatic hydroxyl groups excluding tert-OH is 1. The highest BCUT2D eigenvalue weighted by Crippen LogP contribution is 2.24. The standard InChI is InChI=1S/C14H20ClNO2S2/c15-13-3-1-2-4-14(13)18-9-11(17)7-16-8-12-10-19-5-6-20-12/h1-4,11-12,16-17H,5-10H2. The van der Waals surface area contributed by atoms with E-state index in [4.69, 9.17) is 16.3 Å². The molecular weight excluding hydrogens is 314 g/mol. The third kappa shape index (κ3) is 5.74. The van der Waals surface area contributed by atoms with Crippen molar-refractivity contribution < 1.29 is 9.84 Å². The molecule has 1 aromatic carbocycles. The molecular formula is C14H20ClNO2S2. The van der Waals surface area contributed by atoms with E-state index in [1.165, 1.54) is 17.3 Å². The van der Waals surface area contributed by atoms with Gasteiger partial charge in [0.05, 0.1) is 5.02 Å². The molecule has 1 aliphatic rings. The van der Waals surface area contributed by atoms with E-state index in [1.54, 1.807) is 12.1 Å². The van der Waals surface area contributed by atoms with Gasteiger partial charge >= 0.3 is 0 Å². The smallest absolute Gasteiger partial charge is 0.138 e. The number of nitrogens with one attached hydrogen (secondary N) is 1. The Morgan fingerprint density at radius 3 is 3.00 bits per heavy atom. The van der Waals surface area contributed by atoms with E-state index in [-0.39, 0.29) is 6.61 Å². The van der Waals surface area contributed by atoms with Gasteiger partial charge in [-0.2, -0.15) is 23.5 Å². The van der Waals surface area contributed by atoms with Gasteiger partial charge in [0.25, 0.3) is 0 Å². The van der Waals surface area contributed by atoms with Gasteiger partial charge in [-0.05, 0) is 12.1 Å². The topological polar surface area (TPSA) is 41.5 Å². The number of hydrogen-bond donors (Lipinski definition) is 2. The zero-order valence-electron chi connectivity index (χ0n) is 11.3. The number of ether oxygens (including phenoxy) is 1. The molecule has 112 valence electrons. The Balaban J connectivity index is 1.60. The van der Waals surface area contributed by atoms with Gasteiger partial charge in [-0.25, -0.2) is 0 Å². The van der Waals surface area contributed by atoms with E-state index >= 15 is 0 Å². The van der Waals surface area contributed by atoms with E-state index in [9.17, 15) is 5.11 Å². The fraction of sp³-hybridized carbons (Fsp3) is 0.571. The van der Waals surface area contributed by atoms with E-state index in [0.717, 1.165) is 6.54 Å². The highest BCUT2D eigenvalue weighted by atomic mass is 35.5. The Morgan fingerprint density at radius 2 is 2.25 bits per heavy atom. The average Bonchev–Trinajstić information content (AvgIpc) is 2.47. The molecule has 0 amide bonds. The largest absolute Gasteiger partial charge is 0.489 e. The van der Waals surface area contributed by atoms with Gasteiger partial charge in [0, 0.05) is 35.6 Å². The summed E-state index contributed by atoms with van der Waals surface area (Å²) in [6.45, 7) is 1.75. The van der Waals surface area contributed by atoms with Crippen LogP contribution in [0, 0.1) is 0 Å². The van der Waals surface area contributed by atoms with Crippen molar-refractivity contribution in [3.8, 4) is 5.75 Å². The van der Waals surface area contributed by atoms with Gasteiger partial charge in [0.15, 0.2) is 0 Å². The van der Waals surface area contributed by atoms with Crippen molar-refractivity contribution >= 4 is 35.1 Å². The fourth-order valence-electron chi connectivity index (χ4n) is 1.87. The Kier molecular flexibility index (Phi) is 7.38. The first-order valence-electron chi connectivity index (χ1n) is 6.71. The second-order valence-corrected chi connectivity index (χ2v) is 7.59. The second-order valence-electron chi connectivity index (χ2n) is 4.62. The first kappa shape index (κ1) is 16.3. The van der Waals surface area contributed by atoms with Crippen LogP contribution in [0.3, 0.4) is 0 Å². The highest BCUT2D eigenvalue weighted by molar-refractivity contribution is 8.06. The lowest BCUT2D eigenvalue weighted by Gasteiger charge is -2.22. The van der Waals surface area contributed by atoms with Crippen LogP contribution < -0.4 is 10.1 Å². The minimum absolute atomic E-state index is 0.253. The summed E-state index contributed by atoms with van der Waals surface area (Å²) in [5, 5.41) is 14.4. The Hall–Kier alpha value is -0.0700. The molecule has 0 bridgehead atoms. The van der Waals surface area contributed by atoms with Crippen molar-refractivity contribution in [2.45, 2.75) is 11.4 Å². The Bertz CT molecular complexity index is 403. The third-order valence-electron chi connectivity index (χ3n) is 2.90.